The van der Waals surface area contributed by atoms with Crippen LogP contribution in [0.5, 0.6) is 0 Å². The largest absolute Gasteiger partial charge is 0.319 e. The van der Waals surface area contributed by atoms with Crippen molar-refractivity contribution in [1.82, 2.24) is 19.7 Å². The maximum absolute atomic E-state index is 6.13. The van der Waals surface area contributed by atoms with Crippen molar-refractivity contribution < 1.29 is 0 Å². The summed E-state index contributed by atoms with van der Waals surface area (Å²) in [6.45, 7) is 0.872. The van der Waals surface area contributed by atoms with Crippen molar-refractivity contribution in [3.8, 4) is 0 Å². The molecule has 2 aromatic heterocycles. The number of halogens is 1. The highest BCUT2D eigenvalue weighted by molar-refractivity contribution is 6.30. The van der Waals surface area contributed by atoms with Gasteiger partial charge < -0.3 is 5.32 Å². The third-order valence-electron chi connectivity index (χ3n) is 2.05. The molecule has 0 atom stereocenters. The number of likely N-dealkylation sites (N-methyl/N-ethyl adjacent to an activating group) is 1. The summed E-state index contributed by atoms with van der Waals surface area (Å²) in [7, 11) is 1.91. The first-order valence-electron chi connectivity index (χ1n) is 4.44. The first-order valence-corrected chi connectivity index (χ1v) is 4.82. The molecular formula is C9H11ClN4. The molecule has 0 aliphatic rings. The van der Waals surface area contributed by atoms with Crippen molar-refractivity contribution in [3.63, 3.8) is 0 Å². The molecule has 0 saturated heterocycles. The molecule has 2 rings (SSSR count). The Balaban J connectivity index is 2.41. The molecule has 0 fully saturated rings. The zero-order valence-corrected chi connectivity index (χ0v) is 8.62. The monoisotopic (exact) mass is 210 g/mol. The van der Waals surface area contributed by atoms with Crippen molar-refractivity contribution in [2.24, 2.45) is 0 Å². The fourth-order valence-corrected chi connectivity index (χ4v) is 1.59. The van der Waals surface area contributed by atoms with Crippen LogP contribution in [0.15, 0.2) is 18.6 Å². The number of hydrogen-bond acceptors (Lipinski definition) is 3. The highest BCUT2D eigenvalue weighted by Gasteiger charge is 2.08. The smallest absolute Gasteiger partial charge is 0.140 e. The number of imidazole rings is 1. The summed E-state index contributed by atoms with van der Waals surface area (Å²) in [6.07, 6.45) is 4.21. The van der Waals surface area contributed by atoms with Gasteiger partial charge in [-0.2, -0.15) is 0 Å². The number of rotatable bonds is 3. The van der Waals surface area contributed by atoms with Crippen LogP contribution < -0.4 is 5.32 Å². The minimum Gasteiger partial charge on any atom is -0.319 e. The van der Waals surface area contributed by atoms with E-state index in [1.807, 2.05) is 13.1 Å². The maximum Gasteiger partial charge on any atom is 0.140 e. The Labute approximate surface area is 86.9 Å². The topological polar surface area (TPSA) is 42.2 Å². The van der Waals surface area contributed by atoms with Crippen LogP contribution in [0, 0.1) is 0 Å². The van der Waals surface area contributed by atoms with E-state index in [2.05, 4.69) is 15.3 Å². The van der Waals surface area contributed by atoms with E-state index >= 15 is 0 Å². The van der Waals surface area contributed by atoms with Gasteiger partial charge in [0.1, 0.15) is 17.1 Å². The molecule has 14 heavy (non-hydrogen) atoms. The highest BCUT2D eigenvalue weighted by Crippen LogP contribution is 2.17. The third kappa shape index (κ3) is 1.58. The summed E-state index contributed by atoms with van der Waals surface area (Å²) in [5.41, 5.74) is 1.75. The molecule has 5 heteroatoms. The van der Waals surface area contributed by atoms with Crippen molar-refractivity contribution >= 4 is 17.2 Å². The summed E-state index contributed by atoms with van der Waals surface area (Å²) in [5.74, 6) is 0. The lowest BCUT2D eigenvalue weighted by Crippen LogP contribution is -2.10. The molecule has 2 aromatic rings. The first kappa shape index (κ1) is 9.43. The normalized spacial score (nSPS) is 11.0. The molecule has 0 aliphatic heterocycles. The summed E-state index contributed by atoms with van der Waals surface area (Å²) < 4.78 is 1.78. The molecule has 2 heterocycles. The van der Waals surface area contributed by atoms with Gasteiger partial charge >= 0.3 is 0 Å². The summed E-state index contributed by atoms with van der Waals surface area (Å²) in [4.78, 5) is 8.39. The lowest BCUT2D eigenvalue weighted by Gasteiger charge is -1.95. The molecule has 0 amide bonds. The molecule has 0 aromatic carbocycles. The minimum absolute atomic E-state index is 0.656. The zero-order valence-electron chi connectivity index (χ0n) is 7.87. The molecule has 0 spiro atoms. The van der Waals surface area contributed by atoms with E-state index in [1.54, 1.807) is 16.9 Å². The maximum atomic E-state index is 6.13. The Morgan fingerprint density at radius 3 is 3.14 bits per heavy atom. The Hall–Kier alpha value is -1.13. The van der Waals surface area contributed by atoms with Gasteiger partial charge in [-0.25, -0.2) is 9.97 Å². The van der Waals surface area contributed by atoms with Gasteiger partial charge in [-0.3, -0.25) is 4.40 Å². The highest BCUT2D eigenvalue weighted by atomic mass is 35.5. The van der Waals surface area contributed by atoms with Gasteiger partial charge in [0.15, 0.2) is 0 Å². The number of aromatic nitrogens is 3. The number of fused-ring (bicyclic) bond motifs is 1. The van der Waals surface area contributed by atoms with E-state index in [0.29, 0.717) is 5.15 Å². The van der Waals surface area contributed by atoms with Crippen LogP contribution in [0.2, 0.25) is 5.15 Å². The standard InChI is InChI=1S/C9H11ClN4/c1-11-4-2-7-9(10)14-6-12-5-3-8(14)13-7/h3,5-6,11H,2,4H2,1H3. The van der Waals surface area contributed by atoms with Gasteiger partial charge in [-0.1, -0.05) is 11.6 Å². The van der Waals surface area contributed by atoms with Gasteiger partial charge in [0.05, 0.1) is 5.69 Å². The Morgan fingerprint density at radius 1 is 1.57 bits per heavy atom. The van der Waals surface area contributed by atoms with Gasteiger partial charge in [-0.15, -0.1) is 0 Å². The van der Waals surface area contributed by atoms with Crippen molar-refractivity contribution in [1.29, 1.82) is 0 Å². The molecule has 0 aliphatic carbocycles. The van der Waals surface area contributed by atoms with E-state index in [0.717, 1.165) is 24.3 Å². The van der Waals surface area contributed by atoms with Crippen LogP contribution in [0.3, 0.4) is 0 Å². The van der Waals surface area contributed by atoms with Crippen LogP contribution in [0.4, 0.5) is 0 Å². The van der Waals surface area contributed by atoms with Crippen molar-refractivity contribution in [2.75, 3.05) is 13.6 Å². The molecule has 0 unspecified atom stereocenters. The van der Waals surface area contributed by atoms with Crippen molar-refractivity contribution in [3.05, 3.63) is 29.4 Å². The van der Waals surface area contributed by atoms with Gasteiger partial charge in [-0.05, 0) is 13.1 Å². The van der Waals surface area contributed by atoms with Crippen LogP contribution in [0.25, 0.3) is 5.65 Å². The zero-order chi connectivity index (χ0) is 9.97. The minimum atomic E-state index is 0.656. The fraction of sp³-hybridized carbons (Fsp3) is 0.333. The first-order chi connectivity index (χ1) is 6.83. The molecular weight excluding hydrogens is 200 g/mol. The predicted octanol–water partition coefficient (Wildman–Crippen LogP) is 1.14. The molecule has 0 radical (unpaired) electrons. The Bertz CT molecular complexity index is 437. The second-order valence-electron chi connectivity index (χ2n) is 3.01. The molecule has 4 nitrogen and oxygen atoms in total. The van der Waals surface area contributed by atoms with E-state index in [1.165, 1.54) is 0 Å². The predicted molar refractivity (Wildman–Crippen MR) is 55.6 cm³/mol. The number of nitrogens with zero attached hydrogens (tertiary/aromatic N) is 3. The third-order valence-corrected chi connectivity index (χ3v) is 2.45. The van der Waals surface area contributed by atoms with Gasteiger partial charge in [0.2, 0.25) is 0 Å². The van der Waals surface area contributed by atoms with E-state index in [4.69, 9.17) is 11.6 Å². The molecule has 74 valence electrons. The average Bonchev–Trinajstić information content (AvgIpc) is 2.54. The summed E-state index contributed by atoms with van der Waals surface area (Å²) in [6, 6.07) is 1.84. The lowest BCUT2D eigenvalue weighted by atomic mass is 10.3. The second kappa shape index (κ2) is 3.94. The van der Waals surface area contributed by atoms with E-state index in [-0.39, 0.29) is 0 Å². The molecule has 0 saturated carbocycles. The second-order valence-corrected chi connectivity index (χ2v) is 3.37. The Morgan fingerprint density at radius 2 is 2.43 bits per heavy atom. The quantitative estimate of drug-likeness (QED) is 0.827. The fourth-order valence-electron chi connectivity index (χ4n) is 1.32. The molecule has 0 bridgehead atoms. The van der Waals surface area contributed by atoms with Gasteiger partial charge in [0, 0.05) is 19.2 Å². The lowest BCUT2D eigenvalue weighted by molar-refractivity contribution is 0.780. The SMILES string of the molecule is CNCCc1nc2ccncn2c1Cl. The van der Waals surface area contributed by atoms with E-state index < -0.39 is 0 Å². The summed E-state index contributed by atoms with van der Waals surface area (Å²) >= 11 is 6.13. The van der Waals surface area contributed by atoms with Gasteiger partial charge in [0.25, 0.3) is 0 Å². The number of nitrogens with one attached hydrogen (secondary N) is 1. The van der Waals surface area contributed by atoms with Crippen LogP contribution >= 0.6 is 11.6 Å². The van der Waals surface area contributed by atoms with Crippen molar-refractivity contribution in [2.45, 2.75) is 6.42 Å². The average molecular weight is 211 g/mol. The summed E-state index contributed by atoms with van der Waals surface area (Å²) in [5, 5.41) is 3.72. The van der Waals surface area contributed by atoms with E-state index in [9.17, 15) is 0 Å². The Kier molecular flexibility index (Phi) is 2.65. The van der Waals surface area contributed by atoms with Crippen LogP contribution in [0.1, 0.15) is 5.69 Å². The molecule has 1 N–H and O–H groups in total. The van der Waals surface area contributed by atoms with Crippen LogP contribution in [-0.4, -0.2) is 28.0 Å². The number of hydrogen-bond donors (Lipinski definition) is 1. The van der Waals surface area contributed by atoms with Crippen LogP contribution in [-0.2, 0) is 6.42 Å².